The molecule has 4 aromatic rings. The number of hydrogen-bond acceptors (Lipinski definition) is 4. The molecule has 4 rings (SSSR count). The third kappa shape index (κ3) is 3.36. The molecule has 2 heterocycles. The molecule has 124 valence electrons. The summed E-state index contributed by atoms with van der Waals surface area (Å²) in [6.07, 6.45) is 1.61. The molecule has 3 nitrogen and oxygen atoms in total. The molecule has 0 aliphatic heterocycles. The van der Waals surface area contributed by atoms with Gasteiger partial charge in [-0.15, -0.1) is 11.3 Å². The number of rotatable bonds is 4. The van der Waals surface area contributed by atoms with Crippen molar-refractivity contribution in [3.8, 4) is 11.1 Å². The van der Waals surface area contributed by atoms with E-state index in [-0.39, 0.29) is 0 Å². The van der Waals surface area contributed by atoms with Gasteiger partial charge in [0.05, 0.1) is 5.39 Å². The average Bonchev–Trinajstić information content (AvgIpc) is 3.07. The van der Waals surface area contributed by atoms with Gasteiger partial charge < -0.3 is 5.32 Å². The van der Waals surface area contributed by atoms with Crippen LogP contribution in [0, 0.1) is 6.92 Å². The van der Waals surface area contributed by atoms with Crippen molar-refractivity contribution in [3.63, 3.8) is 0 Å². The van der Waals surface area contributed by atoms with Crippen molar-refractivity contribution < 1.29 is 0 Å². The fraction of sp³-hybridized carbons (Fsp3) is 0.100. The van der Waals surface area contributed by atoms with Gasteiger partial charge >= 0.3 is 0 Å². The Morgan fingerprint density at radius 1 is 1.00 bits per heavy atom. The number of fused-ring (bicyclic) bond motifs is 1. The highest BCUT2D eigenvalue weighted by molar-refractivity contribution is 7.17. The molecule has 0 saturated heterocycles. The van der Waals surface area contributed by atoms with Crippen molar-refractivity contribution in [2.24, 2.45) is 0 Å². The number of aromatic nitrogens is 2. The van der Waals surface area contributed by atoms with E-state index in [4.69, 9.17) is 11.6 Å². The first-order valence-electron chi connectivity index (χ1n) is 7.98. The minimum absolute atomic E-state index is 0.725. The fourth-order valence-electron chi connectivity index (χ4n) is 2.74. The molecule has 5 heteroatoms. The average molecular weight is 366 g/mol. The molecule has 0 aliphatic carbocycles. The molecule has 0 amide bonds. The first kappa shape index (κ1) is 16.1. The lowest BCUT2D eigenvalue weighted by Gasteiger charge is -2.09. The van der Waals surface area contributed by atoms with Crippen LogP contribution in [0.4, 0.5) is 5.82 Å². The van der Waals surface area contributed by atoms with Crippen molar-refractivity contribution in [1.82, 2.24) is 9.97 Å². The van der Waals surface area contributed by atoms with Crippen molar-refractivity contribution >= 4 is 39.0 Å². The highest BCUT2D eigenvalue weighted by atomic mass is 35.5. The molecular weight excluding hydrogens is 350 g/mol. The number of nitrogens with zero attached hydrogens (tertiary/aromatic N) is 2. The second kappa shape index (κ2) is 6.82. The van der Waals surface area contributed by atoms with E-state index in [1.807, 2.05) is 24.3 Å². The van der Waals surface area contributed by atoms with Crippen molar-refractivity contribution in [1.29, 1.82) is 0 Å². The van der Waals surface area contributed by atoms with Crippen molar-refractivity contribution in [2.75, 3.05) is 5.32 Å². The van der Waals surface area contributed by atoms with Gasteiger partial charge in [0.25, 0.3) is 0 Å². The van der Waals surface area contributed by atoms with E-state index in [0.717, 1.165) is 38.7 Å². The van der Waals surface area contributed by atoms with Gasteiger partial charge in [-0.05, 0) is 30.2 Å². The summed E-state index contributed by atoms with van der Waals surface area (Å²) in [5, 5.41) is 7.38. The Kier molecular flexibility index (Phi) is 4.38. The van der Waals surface area contributed by atoms with Gasteiger partial charge in [0.2, 0.25) is 0 Å². The Hall–Kier alpha value is -2.43. The molecule has 0 spiro atoms. The van der Waals surface area contributed by atoms with Crippen LogP contribution in [0.3, 0.4) is 0 Å². The van der Waals surface area contributed by atoms with E-state index in [1.54, 1.807) is 17.7 Å². The van der Waals surface area contributed by atoms with E-state index in [1.165, 1.54) is 11.1 Å². The molecule has 0 radical (unpaired) electrons. The second-order valence-corrected chi connectivity index (χ2v) is 7.19. The maximum absolute atomic E-state index is 6.02. The predicted octanol–water partition coefficient (Wildman–Crippen LogP) is 5.93. The van der Waals surface area contributed by atoms with Gasteiger partial charge in [0.1, 0.15) is 17.0 Å². The van der Waals surface area contributed by atoms with E-state index in [0.29, 0.717) is 0 Å². The highest BCUT2D eigenvalue weighted by Crippen LogP contribution is 2.36. The predicted molar refractivity (Wildman–Crippen MR) is 106 cm³/mol. The summed E-state index contributed by atoms with van der Waals surface area (Å²) in [5.74, 6) is 0.858. The van der Waals surface area contributed by atoms with E-state index >= 15 is 0 Å². The lowest BCUT2D eigenvalue weighted by molar-refractivity contribution is 1.10. The Labute approximate surface area is 155 Å². The summed E-state index contributed by atoms with van der Waals surface area (Å²) in [6, 6.07) is 16.4. The van der Waals surface area contributed by atoms with Gasteiger partial charge in [0.15, 0.2) is 0 Å². The summed E-state index contributed by atoms with van der Waals surface area (Å²) in [7, 11) is 0. The van der Waals surface area contributed by atoms with Crippen LogP contribution in [0.5, 0.6) is 0 Å². The Morgan fingerprint density at radius 3 is 2.52 bits per heavy atom. The zero-order valence-electron chi connectivity index (χ0n) is 13.7. The van der Waals surface area contributed by atoms with Crippen LogP contribution in [0.15, 0.2) is 60.2 Å². The van der Waals surface area contributed by atoms with Crippen LogP contribution in [-0.4, -0.2) is 9.97 Å². The zero-order valence-corrected chi connectivity index (χ0v) is 15.2. The van der Waals surface area contributed by atoms with E-state index in [9.17, 15) is 0 Å². The van der Waals surface area contributed by atoms with Gasteiger partial charge in [0, 0.05) is 22.5 Å². The molecule has 0 aliphatic rings. The van der Waals surface area contributed by atoms with Gasteiger partial charge in [-0.2, -0.15) is 0 Å². The van der Waals surface area contributed by atoms with Crippen LogP contribution < -0.4 is 5.32 Å². The molecule has 0 bridgehead atoms. The molecule has 0 saturated carbocycles. The smallest absolute Gasteiger partial charge is 0.139 e. The SMILES string of the molecule is Cc1ccc(CNc2ncnc3scc(-c4ccc(Cl)cc4)c23)cc1. The monoisotopic (exact) mass is 365 g/mol. The third-order valence-corrected chi connectivity index (χ3v) is 5.24. The normalized spacial score (nSPS) is 11.0. The second-order valence-electron chi connectivity index (χ2n) is 5.90. The Balaban J connectivity index is 1.70. The first-order chi connectivity index (χ1) is 12.2. The van der Waals surface area contributed by atoms with Crippen LogP contribution in [-0.2, 0) is 6.54 Å². The maximum atomic E-state index is 6.02. The summed E-state index contributed by atoms with van der Waals surface area (Å²) < 4.78 is 0. The number of anilines is 1. The lowest BCUT2D eigenvalue weighted by Crippen LogP contribution is -2.02. The van der Waals surface area contributed by atoms with Crippen LogP contribution in [0.25, 0.3) is 21.3 Å². The third-order valence-electron chi connectivity index (χ3n) is 4.11. The standard InChI is InChI=1S/C20H16ClN3S/c1-13-2-4-14(5-3-13)10-22-19-18-17(11-25-20(18)24-12-23-19)15-6-8-16(21)9-7-15/h2-9,11-12H,10H2,1H3,(H,22,23,24). The van der Waals surface area contributed by atoms with Gasteiger partial charge in [-0.1, -0.05) is 53.6 Å². The number of halogens is 1. The molecule has 0 fully saturated rings. The minimum Gasteiger partial charge on any atom is -0.365 e. The largest absolute Gasteiger partial charge is 0.365 e. The molecule has 2 aromatic carbocycles. The summed E-state index contributed by atoms with van der Waals surface area (Å²) in [4.78, 5) is 9.87. The van der Waals surface area contributed by atoms with E-state index in [2.05, 4.69) is 51.9 Å². The Bertz CT molecular complexity index is 1010. The summed E-state index contributed by atoms with van der Waals surface area (Å²) in [6.45, 7) is 2.82. The molecule has 2 aromatic heterocycles. The summed E-state index contributed by atoms with van der Waals surface area (Å²) >= 11 is 7.64. The van der Waals surface area contributed by atoms with Crippen LogP contribution in [0.2, 0.25) is 5.02 Å². The van der Waals surface area contributed by atoms with Gasteiger partial charge in [-0.25, -0.2) is 9.97 Å². The highest BCUT2D eigenvalue weighted by Gasteiger charge is 2.13. The topological polar surface area (TPSA) is 37.8 Å². The fourth-order valence-corrected chi connectivity index (χ4v) is 3.78. The van der Waals surface area contributed by atoms with Crippen molar-refractivity contribution in [2.45, 2.75) is 13.5 Å². The minimum atomic E-state index is 0.725. The molecule has 0 unspecified atom stereocenters. The zero-order chi connectivity index (χ0) is 17.2. The molecule has 25 heavy (non-hydrogen) atoms. The molecule has 0 atom stereocenters. The molecular formula is C20H16ClN3S. The van der Waals surface area contributed by atoms with Crippen LogP contribution in [0.1, 0.15) is 11.1 Å². The first-order valence-corrected chi connectivity index (χ1v) is 9.24. The van der Waals surface area contributed by atoms with Crippen LogP contribution >= 0.6 is 22.9 Å². The van der Waals surface area contributed by atoms with E-state index < -0.39 is 0 Å². The quantitative estimate of drug-likeness (QED) is 0.487. The number of nitrogens with one attached hydrogen (secondary N) is 1. The van der Waals surface area contributed by atoms with Gasteiger partial charge in [-0.3, -0.25) is 0 Å². The lowest BCUT2D eigenvalue weighted by atomic mass is 10.1. The number of hydrogen-bond donors (Lipinski definition) is 1. The Morgan fingerprint density at radius 2 is 1.76 bits per heavy atom. The number of thiophene rings is 1. The number of benzene rings is 2. The maximum Gasteiger partial charge on any atom is 0.139 e. The van der Waals surface area contributed by atoms with Crippen molar-refractivity contribution in [3.05, 3.63) is 76.4 Å². The molecule has 1 N–H and O–H groups in total. The number of aryl methyl sites for hydroxylation is 1. The summed E-state index contributed by atoms with van der Waals surface area (Å²) in [5.41, 5.74) is 4.73.